The Bertz CT molecular complexity index is 1130. The molecule has 1 fully saturated rings. The first-order chi connectivity index (χ1) is 15.5. The van der Waals surface area contributed by atoms with Crippen LogP contribution in [0.1, 0.15) is 60.8 Å². The summed E-state index contributed by atoms with van der Waals surface area (Å²) in [6, 6.07) is 11.0. The number of anilines is 1. The van der Waals surface area contributed by atoms with Crippen molar-refractivity contribution in [3.8, 4) is 0 Å². The second-order valence-corrected chi connectivity index (χ2v) is 9.46. The molecule has 32 heavy (non-hydrogen) atoms. The summed E-state index contributed by atoms with van der Waals surface area (Å²) in [5.74, 6) is 0.756. The van der Waals surface area contributed by atoms with Crippen molar-refractivity contribution in [3.63, 3.8) is 0 Å². The highest BCUT2D eigenvalue weighted by Crippen LogP contribution is 2.31. The molecular formula is C26H33N5O. The maximum absolute atomic E-state index is 13.5. The second kappa shape index (κ2) is 8.57. The van der Waals surface area contributed by atoms with E-state index in [-0.39, 0.29) is 11.9 Å². The minimum atomic E-state index is 0.120. The number of likely N-dealkylation sites (tertiary alicyclic amines) is 1. The van der Waals surface area contributed by atoms with Gasteiger partial charge in [0, 0.05) is 37.6 Å². The molecule has 1 unspecified atom stereocenters. The van der Waals surface area contributed by atoms with Gasteiger partial charge in [-0.15, -0.1) is 0 Å². The van der Waals surface area contributed by atoms with Crippen molar-refractivity contribution in [1.29, 1.82) is 0 Å². The molecule has 1 atom stereocenters. The van der Waals surface area contributed by atoms with Gasteiger partial charge in [-0.1, -0.05) is 25.1 Å². The Hall–Kier alpha value is -2.89. The molecule has 1 saturated heterocycles. The first-order valence-corrected chi connectivity index (χ1v) is 12.0. The summed E-state index contributed by atoms with van der Waals surface area (Å²) in [7, 11) is 0. The number of nitrogens with zero attached hydrogens (tertiary/aromatic N) is 5. The molecule has 0 N–H and O–H groups in total. The highest BCUT2D eigenvalue weighted by atomic mass is 16.2. The van der Waals surface area contributed by atoms with E-state index < -0.39 is 0 Å². The van der Waals surface area contributed by atoms with Crippen LogP contribution in [0, 0.1) is 12.8 Å². The lowest BCUT2D eigenvalue weighted by atomic mass is 9.95. The molecule has 2 aliphatic heterocycles. The Kier molecular flexibility index (Phi) is 5.62. The molecule has 0 aliphatic carbocycles. The van der Waals surface area contributed by atoms with Crippen molar-refractivity contribution in [1.82, 2.24) is 19.7 Å². The monoisotopic (exact) mass is 431 g/mol. The van der Waals surface area contributed by atoms with Gasteiger partial charge < -0.3 is 9.80 Å². The van der Waals surface area contributed by atoms with Crippen LogP contribution in [-0.2, 0) is 6.42 Å². The van der Waals surface area contributed by atoms with Gasteiger partial charge in [0.1, 0.15) is 0 Å². The summed E-state index contributed by atoms with van der Waals surface area (Å²) < 4.78 is 1.96. The van der Waals surface area contributed by atoms with Crippen LogP contribution in [0.3, 0.4) is 0 Å². The van der Waals surface area contributed by atoms with E-state index in [1.54, 1.807) is 0 Å². The minimum Gasteiger partial charge on any atom is -0.371 e. The van der Waals surface area contributed by atoms with Gasteiger partial charge in [0.15, 0.2) is 5.65 Å². The number of aromatic nitrogens is 3. The molecule has 6 nitrogen and oxygen atoms in total. The molecule has 1 amide bonds. The normalized spacial score (nSPS) is 17.7. The number of amides is 1. The lowest BCUT2D eigenvalue weighted by Gasteiger charge is -2.34. The van der Waals surface area contributed by atoms with E-state index in [0.717, 1.165) is 74.2 Å². The van der Waals surface area contributed by atoms with Crippen LogP contribution in [0.5, 0.6) is 0 Å². The van der Waals surface area contributed by atoms with E-state index in [1.807, 2.05) is 28.8 Å². The van der Waals surface area contributed by atoms with Crippen molar-refractivity contribution >= 4 is 22.6 Å². The van der Waals surface area contributed by atoms with E-state index in [9.17, 15) is 4.79 Å². The Morgan fingerprint density at radius 1 is 1.19 bits per heavy atom. The van der Waals surface area contributed by atoms with Crippen molar-refractivity contribution in [2.24, 2.45) is 5.92 Å². The van der Waals surface area contributed by atoms with Gasteiger partial charge in [0.2, 0.25) is 0 Å². The fraction of sp³-hybridized carbons (Fsp3) is 0.500. The number of carbonyl (C=O) groups excluding carboxylic acids is 1. The van der Waals surface area contributed by atoms with Crippen molar-refractivity contribution in [2.45, 2.75) is 52.5 Å². The minimum absolute atomic E-state index is 0.120. The molecule has 0 bridgehead atoms. The maximum atomic E-state index is 13.5. The van der Waals surface area contributed by atoms with E-state index in [2.05, 4.69) is 48.1 Å². The quantitative estimate of drug-likeness (QED) is 0.591. The van der Waals surface area contributed by atoms with Gasteiger partial charge in [-0.05, 0) is 63.1 Å². The number of hydrogen-bond acceptors (Lipinski definition) is 4. The molecule has 0 saturated carbocycles. The molecule has 0 spiro atoms. The maximum Gasteiger partial charge on any atom is 0.254 e. The van der Waals surface area contributed by atoms with Crippen molar-refractivity contribution in [2.75, 3.05) is 31.1 Å². The number of carbonyl (C=O) groups is 1. The van der Waals surface area contributed by atoms with Gasteiger partial charge in [-0.25, -0.2) is 9.67 Å². The molecule has 5 rings (SSSR count). The Balaban J connectivity index is 1.28. The molecule has 0 radical (unpaired) electrons. The predicted molar refractivity (Wildman–Crippen MR) is 128 cm³/mol. The zero-order valence-electron chi connectivity index (χ0n) is 19.4. The van der Waals surface area contributed by atoms with Crippen LogP contribution in [0.15, 0.2) is 36.5 Å². The summed E-state index contributed by atoms with van der Waals surface area (Å²) in [6.45, 7) is 10.1. The summed E-state index contributed by atoms with van der Waals surface area (Å²) in [5, 5.41) is 5.43. The van der Waals surface area contributed by atoms with E-state index in [0.29, 0.717) is 5.92 Å². The first-order valence-electron chi connectivity index (χ1n) is 12.0. The number of pyridine rings is 1. The number of aryl methyl sites for hydroxylation is 1. The second-order valence-electron chi connectivity index (χ2n) is 9.46. The summed E-state index contributed by atoms with van der Waals surface area (Å²) in [4.78, 5) is 22.8. The summed E-state index contributed by atoms with van der Waals surface area (Å²) in [6.07, 6.45) is 6.06. The fourth-order valence-corrected chi connectivity index (χ4v) is 5.21. The van der Waals surface area contributed by atoms with Gasteiger partial charge >= 0.3 is 0 Å². The summed E-state index contributed by atoms with van der Waals surface area (Å²) in [5.41, 5.74) is 5.31. The largest absolute Gasteiger partial charge is 0.371 e. The van der Waals surface area contributed by atoms with Crippen LogP contribution < -0.4 is 4.90 Å². The van der Waals surface area contributed by atoms with Crippen molar-refractivity contribution < 1.29 is 4.79 Å². The Morgan fingerprint density at radius 2 is 1.97 bits per heavy atom. The molecule has 2 aliphatic rings. The average molecular weight is 432 g/mol. The topological polar surface area (TPSA) is 54.3 Å². The van der Waals surface area contributed by atoms with Crippen molar-refractivity contribution in [3.05, 3.63) is 53.3 Å². The van der Waals surface area contributed by atoms with Gasteiger partial charge in [-0.3, -0.25) is 4.79 Å². The third-order valence-electron chi connectivity index (χ3n) is 7.30. The predicted octanol–water partition coefficient (Wildman–Crippen LogP) is 4.63. The molecule has 2 aromatic heterocycles. The fourth-order valence-electron chi connectivity index (χ4n) is 5.21. The van der Waals surface area contributed by atoms with Gasteiger partial charge in [0.25, 0.3) is 5.91 Å². The van der Waals surface area contributed by atoms with E-state index >= 15 is 0 Å². The van der Waals surface area contributed by atoms with Gasteiger partial charge in [0.05, 0.1) is 23.2 Å². The highest BCUT2D eigenvalue weighted by molar-refractivity contribution is 6.05. The molecule has 3 aromatic rings. The molecular weight excluding hydrogens is 398 g/mol. The third-order valence-corrected chi connectivity index (χ3v) is 7.30. The Morgan fingerprint density at radius 3 is 2.75 bits per heavy atom. The lowest BCUT2D eigenvalue weighted by molar-refractivity contribution is 0.0694. The average Bonchev–Trinajstić information content (AvgIpc) is 3.42. The van der Waals surface area contributed by atoms with Crippen LogP contribution in [0.25, 0.3) is 11.0 Å². The molecule has 6 heteroatoms. The zero-order chi connectivity index (χ0) is 22.2. The lowest BCUT2D eigenvalue weighted by Crippen LogP contribution is -2.41. The van der Waals surface area contributed by atoms with Gasteiger partial charge in [-0.2, -0.15) is 5.10 Å². The molecule has 1 aromatic carbocycles. The number of benzene rings is 1. The first kappa shape index (κ1) is 21.0. The van der Waals surface area contributed by atoms with Crippen LogP contribution in [-0.4, -0.2) is 51.8 Å². The highest BCUT2D eigenvalue weighted by Gasteiger charge is 2.28. The molecule has 168 valence electrons. The smallest absolute Gasteiger partial charge is 0.254 e. The number of rotatable bonds is 5. The number of para-hydroxylation sites is 1. The number of piperidine rings is 1. The standard InChI is InChI=1S/C26H33N5O/c1-4-19(3)31-25-23(16-27-31)22(15-18(2)28-25)26(32)29-12-9-20(10-13-29)17-30-14-11-21-7-5-6-8-24(21)30/h5-8,15-16,19-20H,4,9-14,17H2,1-3H3. The van der Waals surface area contributed by atoms with Crippen LogP contribution in [0.2, 0.25) is 0 Å². The third kappa shape index (κ3) is 3.76. The van der Waals surface area contributed by atoms with E-state index in [1.165, 1.54) is 11.3 Å². The van der Waals surface area contributed by atoms with Crippen LogP contribution >= 0.6 is 0 Å². The Labute approximate surface area is 190 Å². The SMILES string of the molecule is CCC(C)n1ncc2c(C(=O)N3CCC(CN4CCc5ccccc54)CC3)cc(C)nc21. The number of fused-ring (bicyclic) bond motifs is 2. The van der Waals surface area contributed by atoms with E-state index in [4.69, 9.17) is 4.98 Å². The number of hydrogen-bond donors (Lipinski definition) is 0. The summed E-state index contributed by atoms with van der Waals surface area (Å²) >= 11 is 0. The zero-order valence-corrected chi connectivity index (χ0v) is 19.4. The molecule has 4 heterocycles. The van der Waals surface area contributed by atoms with Crippen LogP contribution in [0.4, 0.5) is 5.69 Å².